The van der Waals surface area contributed by atoms with Crippen molar-refractivity contribution in [2.45, 2.75) is 6.04 Å². The van der Waals surface area contributed by atoms with Crippen molar-refractivity contribution in [1.29, 1.82) is 0 Å². The zero-order chi connectivity index (χ0) is 14.9. The van der Waals surface area contributed by atoms with E-state index in [1.165, 1.54) is 11.9 Å². The van der Waals surface area contributed by atoms with Crippen LogP contribution in [0.4, 0.5) is 4.79 Å². The van der Waals surface area contributed by atoms with Gasteiger partial charge in [-0.3, -0.25) is 19.9 Å². The molecule has 1 fully saturated rings. The molecule has 7 nitrogen and oxygen atoms in total. The van der Waals surface area contributed by atoms with E-state index in [0.717, 1.165) is 4.90 Å². The van der Waals surface area contributed by atoms with Crippen molar-refractivity contribution in [2.75, 3.05) is 27.2 Å². The molecule has 1 unspecified atom stereocenters. The molecule has 3 amide bonds. The maximum Gasteiger partial charge on any atom is 0.390 e. The average molecular weight is 276 g/mol. The minimum absolute atomic E-state index is 0.288. The normalized spacial score (nSPS) is 21.9. The van der Waals surface area contributed by atoms with Gasteiger partial charge in [0.1, 0.15) is 0 Å². The van der Waals surface area contributed by atoms with Crippen LogP contribution in [0, 0.1) is 0 Å². The minimum Gasteiger partial charge on any atom is -0.271 e. The first-order valence-electron chi connectivity index (χ1n) is 6.26. The Balaban J connectivity index is 2.43. The standard InChI is InChI=1S/C13H17N5O2/c1-5-7-14-12-15-10-9(18(12)8-6-2)11(19)17(4)13(20)16(10)3/h5-6,9H,1-2,7-8H2,3-4H3/p+1. The highest BCUT2D eigenvalue weighted by molar-refractivity contribution is 6.22. The minimum atomic E-state index is -0.590. The van der Waals surface area contributed by atoms with Crippen molar-refractivity contribution in [3.05, 3.63) is 25.3 Å². The number of imide groups is 1. The smallest absolute Gasteiger partial charge is 0.271 e. The van der Waals surface area contributed by atoms with Crippen LogP contribution < -0.4 is 5.32 Å². The lowest BCUT2D eigenvalue weighted by atomic mass is 10.1. The summed E-state index contributed by atoms with van der Waals surface area (Å²) in [5.74, 6) is 0.698. The van der Waals surface area contributed by atoms with Gasteiger partial charge in [-0.15, -0.1) is 0 Å². The van der Waals surface area contributed by atoms with Crippen LogP contribution in [-0.2, 0) is 4.79 Å². The largest absolute Gasteiger partial charge is 0.390 e. The molecule has 1 N–H and O–H groups in total. The maximum absolute atomic E-state index is 12.3. The lowest BCUT2D eigenvalue weighted by molar-refractivity contribution is -0.527. The van der Waals surface area contributed by atoms with Gasteiger partial charge in [-0.25, -0.2) is 9.37 Å². The lowest BCUT2D eigenvalue weighted by Crippen LogP contribution is -2.61. The summed E-state index contributed by atoms with van der Waals surface area (Å²) in [6.45, 7) is 8.31. The summed E-state index contributed by atoms with van der Waals surface area (Å²) in [6, 6.07) is -0.971. The number of hydrogen-bond donors (Lipinski definition) is 1. The van der Waals surface area contributed by atoms with E-state index in [-0.39, 0.29) is 11.9 Å². The van der Waals surface area contributed by atoms with Crippen molar-refractivity contribution < 1.29 is 14.2 Å². The molecule has 0 saturated carbocycles. The quantitative estimate of drug-likeness (QED) is 0.562. The Bertz CT molecular complexity index is 549. The molecule has 2 aliphatic heterocycles. The van der Waals surface area contributed by atoms with Gasteiger partial charge in [0, 0.05) is 14.1 Å². The predicted molar refractivity (Wildman–Crippen MR) is 75.7 cm³/mol. The molecule has 106 valence electrons. The highest BCUT2D eigenvalue weighted by atomic mass is 16.2. The van der Waals surface area contributed by atoms with E-state index in [1.807, 2.05) is 0 Å². The number of aliphatic imine (C=N–C) groups is 1. The number of nitrogens with one attached hydrogen (secondary N) is 1. The van der Waals surface area contributed by atoms with Crippen LogP contribution in [0.5, 0.6) is 0 Å². The Kier molecular flexibility index (Phi) is 3.69. The van der Waals surface area contributed by atoms with E-state index in [2.05, 4.69) is 23.5 Å². The van der Waals surface area contributed by atoms with Crippen LogP contribution in [0.1, 0.15) is 0 Å². The summed E-state index contributed by atoms with van der Waals surface area (Å²) in [4.78, 5) is 31.1. The van der Waals surface area contributed by atoms with Crippen molar-refractivity contribution in [3.8, 4) is 0 Å². The summed E-state index contributed by atoms with van der Waals surface area (Å²) in [5.41, 5.74) is 0. The predicted octanol–water partition coefficient (Wildman–Crippen LogP) is -0.379. The van der Waals surface area contributed by atoms with Crippen LogP contribution in [0.25, 0.3) is 0 Å². The number of hydrogen-bond acceptors (Lipinski definition) is 4. The van der Waals surface area contributed by atoms with Gasteiger partial charge in [0.15, 0.2) is 0 Å². The molecule has 0 aromatic rings. The molecule has 20 heavy (non-hydrogen) atoms. The Morgan fingerprint density at radius 3 is 2.60 bits per heavy atom. The summed E-state index contributed by atoms with van der Waals surface area (Å²) < 4.78 is 1.79. The van der Waals surface area contributed by atoms with E-state index < -0.39 is 6.04 Å². The lowest BCUT2D eigenvalue weighted by Gasteiger charge is -2.31. The van der Waals surface area contributed by atoms with E-state index in [9.17, 15) is 9.59 Å². The fraction of sp³-hybridized carbons (Fsp3) is 0.385. The topological polar surface area (TPSA) is 68.0 Å². The van der Waals surface area contributed by atoms with E-state index in [1.54, 1.807) is 23.8 Å². The molecule has 2 heterocycles. The molecule has 1 atom stereocenters. The van der Waals surface area contributed by atoms with Gasteiger partial charge in [-0.2, -0.15) is 0 Å². The number of carbonyl (C=O) groups excluding carboxylic acids is 2. The third-order valence-electron chi connectivity index (χ3n) is 3.26. The van der Waals surface area contributed by atoms with Crippen molar-refractivity contribution in [3.63, 3.8) is 0 Å². The number of urea groups is 1. The van der Waals surface area contributed by atoms with Crippen LogP contribution in [0.15, 0.2) is 30.3 Å². The molecule has 0 radical (unpaired) electrons. The summed E-state index contributed by atoms with van der Waals surface area (Å²) in [7, 11) is 3.08. The molecule has 0 aromatic carbocycles. The number of nitrogens with zero attached hydrogens (tertiary/aromatic N) is 4. The monoisotopic (exact) mass is 276 g/mol. The molecule has 2 aliphatic rings. The van der Waals surface area contributed by atoms with E-state index in [0.29, 0.717) is 24.9 Å². The van der Waals surface area contributed by atoms with E-state index in [4.69, 9.17) is 0 Å². The van der Waals surface area contributed by atoms with Crippen LogP contribution in [0.2, 0.25) is 0 Å². The Hall–Kier alpha value is -2.44. The second-order valence-electron chi connectivity index (χ2n) is 4.55. The average Bonchev–Trinajstić information content (AvgIpc) is 2.80. The fourth-order valence-corrected chi connectivity index (χ4v) is 2.23. The SMILES string of the molecule is C=CCNC1=[N+](CC=C)C2C(=O)N(C)C(=O)N(C)C2=N1. The summed E-state index contributed by atoms with van der Waals surface area (Å²) >= 11 is 0. The second kappa shape index (κ2) is 5.28. The van der Waals surface area contributed by atoms with Gasteiger partial charge in [0.25, 0.3) is 5.91 Å². The van der Waals surface area contributed by atoms with Crippen molar-refractivity contribution in [1.82, 2.24) is 15.1 Å². The van der Waals surface area contributed by atoms with E-state index >= 15 is 0 Å². The number of amidine groups is 1. The van der Waals surface area contributed by atoms with Gasteiger partial charge in [-0.05, 0) is 0 Å². The number of rotatable bonds is 4. The molecule has 0 bridgehead atoms. The van der Waals surface area contributed by atoms with Gasteiger partial charge in [-0.1, -0.05) is 30.3 Å². The molecule has 0 aromatic heterocycles. The summed E-state index contributed by atoms with van der Waals surface area (Å²) in [5, 5.41) is 3.07. The highest BCUT2D eigenvalue weighted by Crippen LogP contribution is 2.18. The Morgan fingerprint density at radius 1 is 1.30 bits per heavy atom. The number of fused-ring (bicyclic) bond motifs is 1. The summed E-state index contributed by atoms with van der Waals surface area (Å²) in [6.07, 6.45) is 3.39. The molecule has 0 aliphatic carbocycles. The molecule has 2 rings (SSSR count). The number of amides is 3. The number of guanidine groups is 1. The molecule has 7 heteroatoms. The number of carbonyl (C=O) groups is 2. The Labute approximate surface area is 117 Å². The third kappa shape index (κ3) is 2.01. The molecular weight excluding hydrogens is 258 g/mol. The fourth-order valence-electron chi connectivity index (χ4n) is 2.23. The van der Waals surface area contributed by atoms with Crippen molar-refractivity contribution in [2.24, 2.45) is 4.99 Å². The second-order valence-corrected chi connectivity index (χ2v) is 4.55. The van der Waals surface area contributed by atoms with Gasteiger partial charge in [0.05, 0.1) is 13.1 Å². The first-order chi connectivity index (χ1) is 9.52. The van der Waals surface area contributed by atoms with Crippen LogP contribution >= 0.6 is 0 Å². The third-order valence-corrected chi connectivity index (χ3v) is 3.26. The van der Waals surface area contributed by atoms with Gasteiger partial charge in [0.2, 0.25) is 11.9 Å². The molecule has 0 spiro atoms. The van der Waals surface area contributed by atoms with Crippen LogP contribution in [0.3, 0.4) is 0 Å². The first kappa shape index (κ1) is 14.0. The zero-order valence-electron chi connectivity index (χ0n) is 11.7. The van der Waals surface area contributed by atoms with Gasteiger partial charge >= 0.3 is 12.0 Å². The van der Waals surface area contributed by atoms with Gasteiger partial charge < -0.3 is 0 Å². The molecular formula is C13H18N5O2+. The number of likely N-dealkylation sites (N-methyl/N-ethyl adjacent to an activating group) is 2. The highest BCUT2D eigenvalue weighted by Gasteiger charge is 2.50. The Morgan fingerprint density at radius 2 is 2.00 bits per heavy atom. The van der Waals surface area contributed by atoms with Crippen LogP contribution in [-0.4, -0.2) is 71.3 Å². The zero-order valence-corrected chi connectivity index (χ0v) is 11.7. The van der Waals surface area contributed by atoms with Crippen molar-refractivity contribution >= 4 is 23.7 Å². The maximum atomic E-state index is 12.3. The molecule has 1 saturated heterocycles. The first-order valence-corrected chi connectivity index (χ1v) is 6.26.